The number of rotatable bonds is 5. The Bertz CT molecular complexity index is 631. The molecule has 32 heavy (non-hydrogen) atoms. The van der Waals surface area contributed by atoms with Crippen LogP contribution >= 0.6 is 0 Å². The predicted molar refractivity (Wildman–Crippen MR) is 127 cm³/mol. The molecule has 3 aliphatic carbocycles. The lowest BCUT2D eigenvalue weighted by atomic mass is 9.55. The first-order chi connectivity index (χ1) is 15.3. The molecule has 3 saturated carbocycles. The molecule has 0 spiro atoms. The summed E-state index contributed by atoms with van der Waals surface area (Å²) in [6.07, 6.45) is 11.2. The number of carbonyl (C=O) groups excluding carboxylic acids is 1. The van der Waals surface area contributed by atoms with E-state index in [4.69, 9.17) is 9.47 Å². The van der Waals surface area contributed by atoms with Gasteiger partial charge in [-0.3, -0.25) is 9.69 Å². The lowest BCUT2D eigenvalue weighted by Crippen LogP contribution is -2.47. The van der Waals surface area contributed by atoms with Crippen molar-refractivity contribution in [3.05, 3.63) is 0 Å². The van der Waals surface area contributed by atoms with Crippen molar-refractivity contribution in [3.8, 4) is 0 Å². The fourth-order valence-electron chi connectivity index (χ4n) is 7.94. The molecule has 0 aromatic carbocycles. The minimum atomic E-state index is -0.712. The third-order valence-corrected chi connectivity index (χ3v) is 9.79. The van der Waals surface area contributed by atoms with Crippen molar-refractivity contribution in [2.24, 2.45) is 29.1 Å². The molecule has 1 saturated heterocycles. The first-order valence-corrected chi connectivity index (χ1v) is 13.5. The number of nitrogens with zero attached hydrogens (tertiary/aromatic N) is 1. The molecule has 7 unspecified atom stereocenters. The number of morpholine rings is 1. The minimum Gasteiger partial charge on any atom is -0.387 e. The fourth-order valence-corrected chi connectivity index (χ4v) is 7.94. The van der Waals surface area contributed by atoms with E-state index in [1.165, 1.54) is 32.1 Å². The van der Waals surface area contributed by atoms with Crippen LogP contribution in [0.5, 0.6) is 0 Å². The van der Waals surface area contributed by atoms with E-state index in [1.807, 2.05) is 13.8 Å². The molecule has 4 fully saturated rings. The number of Topliss-reactive ketones (excluding diaryl/α,β-unsaturated/α-hetero) is 1. The molecule has 4 aliphatic rings. The standard InChI is InChI=1S/C27H47NO4/c1-4-32-25-11-8-20-12-14-26(2)22(21(20)7-5-6-13-27(25,3)30)9-10-23(26)24(29)19-28-15-17-31-18-16-28/h20-23,25,30H,4-19H2,1-3H3. The molecule has 1 aliphatic heterocycles. The highest BCUT2D eigenvalue weighted by Crippen LogP contribution is 2.61. The summed E-state index contributed by atoms with van der Waals surface area (Å²) in [7, 11) is 0. The van der Waals surface area contributed by atoms with E-state index in [-0.39, 0.29) is 17.4 Å². The Labute approximate surface area is 195 Å². The molecule has 0 radical (unpaired) electrons. The van der Waals surface area contributed by atoms with E-state index in [0.29, 0.717) is 24.9 Å². The average molecular weight is 450 g/mol. The van der Waals surface area contributed by atoms with Crippen molar-refractivity contribution >= 4 is 5.78 Å². The highest BCUT2D eigenvalue weighted by atomic mass is 16.5. The van der Waals surface area contributed by atoms with Crippen molar-refractivity contribution in [1.29, 1.82) is 0 Å². The van der Waals surface area contributed by atoms with Crippen molar-refractivity contribution in [3.63, 3.8) is 0 Å². The Morgan fingerprint density at radius 1 is 1.03 bits per heavy atom. The van der Waals surface area contributed by atoms with Gasteiger partial charge in [0.25, 0.3) is 0 Å². The summed E-state index contributed by atoms with van der Waals surface area (Å²) >= 11 is 0. The summed E-state index contributed by atoms with van der Waals surface area (Å²) in [5.41, 5.74) is -0.532. The van der Waals surface area contributed by atoms with E-state index >= 15 is 0 Å². The van der Waals surface area contributed by atoms with Crippen LogP contribution in [0.4, 0.5) is 0 Å². The van der Waals surface area contributed by atoms with E-state index in [2.05, 4.69) is 11.8 Å². The van der Waals surface area contributed by atoms with Gasteiger partial charge < -0.3 is 14.6 Å². The smallest absolute Gasteiger partial charge is 0.150 e. The SMILES string of the molecule is CCOC1CCC2CCC3(C)C(C(=O)CN4CCOCC4)CCC3C2CCCCC1(C)O. The second-order valence-electron chi connectivity index (χ2n) is 11.7. The number of ketones is 1. The van der Waals surface area contributed by atoms with Gasteiger partial charge in [-0.1, -0.05) is 19.8 Å². The molecule has 5 heteroatoms. The molecule has 1 heterocycles. The van der Waals surface area contributed by atoms with Crippen LogP contribution in [-0.2, 0) is 14.3 Å². The Morgan fingerprint density at radius 2 is 1.81 bits per heavy atom. The van der Waals surface area contributed by atoms with Gasteiger partial charge in [0.15, 0.2) is 0 Å². The maximum absolute atomic E-state index is 13.4. The molecule has 0 aromatic heterocycles. The number of ether oxygens (including phenoxy) is 2. The van der Waals surface area contributed by atoms with Gasteiger partial charge in [0.1, 0.15) is 5.78 Å². The third kappa shape index (κ3) is 5.11. The maximum Gasteiger partial charge on any atom is 0.150 e. The number of aliphatic hydroxyl groups is 1. The van der Waals surface area contributed by atoms with Crippen molar-refractivity contribution in [2.75, 3.05) is 39.5 Å². The molecule has 0 aromatic rings. The van der Waals surface area contributed by atoms with Crippen LogP contribution in [0.1, 0.15) is 85.0 Å². The van der Waals surface area contributed by atoms with Gasteiger partial charge in [0.2, 0.25) is 0 Å². The van der Waals surface area contributed by atoms with Crippen molar-refractivity contribution in [1.82, 2.24) is 4.90 Å². The van der Waals surface area contributed by atoms with Crippen molar-refractivity contribution in [2.45, 2.75) is 96.7 Å². The van der Waals surface area contributed by atoms with Gasteiger partial charge in [-0.05, 0) is 88.4 Å². The van der Waals surface area contributed by atoms with E-state index < -0.39 is 5.60 Å². The molecule has 1 N–H and O–H groups in total. The summed E-state index contributed by atoms with van der Waals surface area (Å²) in [6, 6.07) is 0. The van der Waals surface area contributed by atoms with E-state index in [1.54, 1.807) is 0 Å². The second-order valence-corrected chi connectivity index (χ2v) is 11.7. The molecular formula is C27H47NO4. The summed E-state index contributed by atoms with van der Waals surface area (Å²) in [4.78, 5) is 15.7. The molecular weight excluding hydrogens is 402 g/mol. The Morgan fingerprint density at radius 3 is 2.56 bits per heavy atom. The Balaban J connectivity index is 1.44. The molecule has 5 nitrogen and oxygen atoms in total. The Hall–Kier alpha value is -0.490. The topological polar surface area (TPSA) is 59.0 Å². The van der Waals surface area contributed by atoms with E-state index in [9.17, 15) is 9.90 Å². The molecule has 0 bridgehead atoms. The van der Waals surface area contributed by atoms with Gasteiger partial charge in [-0.25, -0.2) is 0 Å². The van der Waals surface area contributed by atoms with Crippen LogP contribution in [0, 0.1) is 29.1 Å². The first-order valence-electron chi connectivity index (χ1n) is 13.5. The largest absolute Gasteiger partial charge is 0.387 e. The number of fused-ring (bicyclic) bond motifs is 3. The number of hydrogen-bond acceptors (Lipinski definition) is 5. The maximum atomic E-state index is 13.4. The van der Waals surface area contributed by atoms with Gasteiger partial charge >= 0.3 is 0 Å². The molecule has 4 rings (SSSR count). The lowest BCUT2D eigenvalue weighted by Gasteiger charge is -2.50. The van der Waals surface area contributed by atoms with Crippen LogP contribution in [0.25, 0.3) is 0 Å². The van der Waals surface area contributed by atoms with Crippen LogP contribution < -0.4 is 0 Å². The van der Waals surface area contributed by atoms with E-state index in [0.717, 1.165) is 70.2 Å². The van der Waals surface area contributed by atoms with Crippen LogP contribution in [0.3, 0.4) is 0 Å². The van der Waals surface area contributed by atoms with Crippen LogP contribution in [0.15, 0.2) is 0 Å². The highest BCUT2D eigenvalue weighted by Gasteiger charge is 2.55. The first kappa shape index (κ1) is 24.6. The minimum absolute atomic E-state index is 0.0500. The summed E-state index contributed by atoms with van der Waals surface area (Å²) in [5.74, 6) is 2.87. The quantitative estimate of drug-likeness (QED) is 0.672. The zero-order chi connectivity index (χ0) is 22.8. The summed E-state index contributed by atoms with van der Waals surface area (Å²) < 4.78 is 11.5. The second kappa shape index (κ2) is 10.4. The number of hydrogen-bond donors (Lipinski definition) is 1. The summed E-state index contributed by atoms with van der Waals surface area (Å²) in [6.45, 7) is 11.1. The highest BCUT2D eigenvalue weighted by molar-refractivity contribution is 5.84. The average Bonchev–Trinajstić information content (AvgIpc) is 3.12. The zero-order valence-corrected chi connectivity index (χ0v) is 20.8. The molecule has 0 amide bonds. The van der Waals surface area contributed by atoms with Gasteiger partial charge in [0, 0.05) is 25.6 Å². The summed E-state index contributed by atoms with van der Waals surface area (Å²) in [5, 5.41) is 11.0. The van der Waals surface area contributed by atoms with Crippen LogP contribution in [0.2, 0.25) is 0 Å². The van der Waals surface area contributed by atoms with Crippen molar-refractivity contribution < 1.29 is 19.4 Å². The van der Waals surface area contributed by atoms with Gasteiger partial charge in [0.05, 0.1) is 31.5 Å². The predicted octanol–water partition coefficient (Wildman–Crippen LogP) is 4.46. The molecule has 184 valence electrons. The van der Waals surface area contributed by atoms with Gasteiger partial charge in [-0.15, -0.1) is 0 Å². The third-order valence-electron chi connectivity index (χ3n) is 9.79. The normalized spacial score (nSPS) is 43.9. The monoisotopic (exact) mass is 449 g/mol. The lowest BCUT2D eigenvalue weighted by molar-refractivity contribution is -0.131. The fraction of sp³-hybridized carbons (Fsp3) is 0.963. The van der Waals surface area contributed by atoms with Crippen LogP contribution in [-0.4, -0.2) is 66.9 Å². The van der Waals surface area contributed by atoms with Gasteiger partial charge in [-0.2, -0.15) is 0 Å². The molecule has 7 atom stereocenters. The zero-order valence-electron chi connectivity index (χ0n) is 20.8. The Kier molecular flexibility index (Phi) is 8.02. The number of carbonyl (C=O) groups is 1.